The normalized spacial score (nSPS) is 10.8. The molecule has 2 aromatic rings. The first kappa shape index (κ1) is 14.9. The van der Waals surface area contributed by atoms with Gasteiger partial charge in [0.2, 0.25) is 0 Å². The highest BCUT2D eigenvalue weighted by Crippen LogP contribution is 2.29. The van der Waals surface area contributed by atoms with Gasteiger partial charge in [-0.15, -0.1) is 0 Å². The van der Waals surface area contributed by atoms with Crippen LogP contribution in [0.2, 0.25) is 15.1 Å². The summed E-state index contributed by atoms with van der Waals surface area (Å²) in [5.74, 6) is -0.746. The number of nitrogens with zero attached hydrogens (tertiary/aromatic N) is 1. The molecule has 2 rings (SSSR count). The summed E-state index contributed by atoms with van der Waals surface area (Å²) in [6.07, 6.45) is 1.41. The molecule has 0 aliphatic heterocycles. The third kappa shape index (κ3) is 3.73. The zero-order valence-corrected chi connectivity index (χ0v) is 12.3. The third-order valence-corrected chi connectivity index (χ3v) is 3.16. The molecule has 0 aromatic heterocycles. The third-order valence-electron chi connectivity index (χ3n) is 2.35. The van der Waals surface area contributed by atoms with E-state index in [1.54, 1.807) is 0 Å². The summed E-state index contributed by atoms with van der Waals surface area (Å²) in [4.78, 5) is 16.6. The van der Waals surface area contributed by atoms with Gasteiger partial charge in [-0.3, -0.25) is 0 Å². The van der Waals surface area contributed by atoms with E-state index in [0.717, 1.165) is 5.56 Å². The van der Waals surface area contributed by atoms with Crippen molar-refractivity contribution in [1.29, 1.82) is 0 Å². The van der Waals surface area contributed by atoms with Crippen molar-refractivity contribution in [2.75, 3.05) is 0 Å². The van der Waals surface area contributed by atoms with Crippen LogP contribution in [0.15, 0.2) is 47.6 Å². The van der Waals surface area contributed by atoms with Crippen molar-refractivity contribution in [3.8, 4) is 0 Å². The first-order valence-electron chi connectivity index (χ1n) is 5.52. The Morgan fingerprint density at radius 3 is 2.25 bits per heavy atom. The lowest BCUT2D eigenvalue weighted by atomic mass is 10.2. The van der Waals surface area contributed by atoms with E-state index in [9.17, 15) is 4.79 Å². The van der Waals surface area contributed by atoms with Crippen LogP contribution in [-0.2, 0) is 4.84 Å². The Labute approximate surface area is 130 Å². The lowest BCUT2D eigenvalue weighted by Crippen LogP contribution is -2.03. The van der Waals surface area contributed by atoms with Crippen molar-refractivity contribution >= 4 is 47.0 Å². The fourth-order valence-electron chi connectivity index (χ4n) is 1.46. The van der Waals surface area contributed by atoms with Crippen LogP contribution in [0.25, 0.3) is 0 Å². The van der Waals surface area contributed by atoms with Gasteiger partial charge in [-0.1, -0.05) is 70.3 Å². The van der Waals surface area contributed by atoms with E-state index in [1.165, 1.54) is 18.3 Å². The number of hydrogen-bond donors (Lipinski definition) is 0. The second-order valence-corrected chi connectivity index (χ2v) is 5.02. The molecule has 102 valence electrons. The number of oxime groups is 1. The molecular formula is C14H8Cl3NO2. The van der Waals surface area contributed by atoms with Crippen LogP contribution >= 0.6 is 34.8 Å². The van der Waals surface area contributed by atoms with E-state index < -0.39 is 5.97 Å². The van der Waals surface area contributed by atoms with Gasteiger partial charge in [0, 0.05) is 5.02 Å². The fourth-order valence-corrected chi connectivity index (χ4v) is 2.43. The van der Waals surface area contributed by atoms with Gasteiger partial charge in [0.1, 0.15) is 0 Å². The van der Waals surface area contributed by atoms with Gasteiger partial charge in [-0.25, -0.2) is 4.79 Å². The summed E-state index contributed by atoms with van der Waals surface area (Å²) in [7, 11) is 0. The minimum atomic E-state index is -0.746. The highest BCUT2D eigenvalue weighted by molar-refractivity contribution is 6.41. The molecule has 0 aliphatic rings. The van der Waals surface area contributed by atoms with Crippen LogP contribution in [0, 0.1) is 0 Å². The summed E-state index contributed by atoms with van der Waals surface area (Å²) in [6, 6.07) is 12.0. The maximum absolute atomic E-state index is 11.8. The van der Waals surface area contributed by atoms with Gasteiger partial charge in [0.15, 0.2) is 0 Å². The molecule has 0 bridgehead atoms. The van der Waals surface area contributed by atoms with Crippen LogP contribution < -0.4 is 0 Å². The van der Waals surface area contributed by atoms with Gasteiger partial charge in [0.25, 0.3) is 0 Å². The summed E-state index contributed by atoms with van der Waals surface area (Å²) in [5, 5.41) is 4.16. The molecule has 0 spiro atoms. The van der Waals surface area contributed by atoms with Crippen molar-refractivity contribution in [2.45, 2.75) is 0 Å². The van der Waals surface area contributed by atoms with E-state index in [4.69, 9.17) is 39.6 Å². The Balaban J connectivity index is 2.12. The monoisotopic (exact) mass is 327 g/mol. The average Bonchev–Trinajstić information content (AvgIpc) is 2.38. The molecule has 0 saturated carbocycles. The summed E-state index contributed by atoms with van der Waals surface area (Å²) in [6.45, 7) is 0. The summed E-state index contributed by atoms with van der Waals surface area (Å²) >= 11 is 17.6. The molecule has 0 saturated heterocycles. The molecule has 0 fully saturated rings. The number of carbonyl (C=O) groups is 1. The van der Waals surface area contributed by atoms with E-state index in [2.05, 4.69) is 5.16 Å². The van der Waals surface area contributed by atoms with E-state index in [1.807, 2.05) is 30.3 Å². The second kappa shape index (κ2) is 6.75. The summed E-state index contributed by atoms with van der Waals surface area (Å²) < 4.78 is 0. The molecule has 0 amide bonds. The van der Waals surface area contributed by atoms with Gasteiger partial charge in [-0.2, -0.15) is 0 Å². The predicted octanol–water partition coefficient (Wildman–Crippen LogP) is 4.84. The topological polar surface area (TPSA) is 38.7 Å². The quantitative estimate of drug-likeness (QED) is 0.459. The highest BCUT2D eigenvalue weighted by Gasteiger charge is 2.17. The molecular weight excluding hydrogens is 321 g/mol. The Morgan fingerprint density at radius 1 is 1.05 bits per heavy atom. The van der Waals surface area contributed by atoms with E-state index >= 15 is 0 Å². The Bertz CT molecular complexity index is 634. The molecule has 6 heteroatoms. The predicted molar refractivity (Wildman–Crippen MR) is 80.9 cm³/mol. The van der Waals surface area contributed by atoms with E-state index in [0.29, 0.717) is 5.02 Å². The molecule has 0 unspecified atom stereocenters. The molecule has 20 heavy (non-hydrogen) atoms. The maximum Gasteiger partial charge on any atom is 0.368 e. The second-order valence-electron chi connectivity index (χ2n) is 3.77. The zero-order valence-electron chi connectivity index (χ0n) is 10.0. The van der Waals surface area contributed by atoms with Gasteiger partial charge in [-0.05, 0) is 17.7 Å². The first-order valence-corrected chi connectivity index (χ1v) is 6.65. The first-order chi connectivity index (χ1) is 9.58. The zero-order chi connectivity index (χ0) is 14.5. The van der Waals surface area contributed by atoms with Crippen molar-refractivity contribution in [3.63, 3.8) is 0 Å². The van der Waals surface area contributed by atoms with Crippen molar-refractivity contribution < 1.29 is 9.63 Å². The fraction of sp³-hybridized carbons (Fsp3) is 0. The van der Waals surface area contributed by atoms with Crippen LogP contribution in [0.4, 0.5) is 0 Å². The van der Waals surface area contributed by atoms with Crippen molar-refractivity contribution in [1.82, 2.24) is 0 Å². The molecule has 2 aromatic carbocycles. The van der Waals surface area contributed by atoms with Gasteiger partial charge in [0.05, 0.1) is 21.8 Å². The summed E-state index contributed by atoms with van der Waals surface area (Å²) in [5.41, 5.74) is 0.830. The molecule has 0 N–H and O–H groups in total. The number of halogens is 3. The number of carbonyl (C=O) groups excluding carboxylic acids is 1. The molecule has 3 nitrogen and oxygen atoms in total. The Kier molecular flexibility index (Phi) is 5.01. The minimum absolute atomic E-state index is 0.0305. The van der Waals surface area contributed by atoms with Crippen LogP contribution in [0.1, 0.15) is 15.9 Å². The SMILES string of the molecule is O=C(ON=Cc1ccccc1)c1c(Cl)cc(Cl)cc1Cl. The lowest BCUT2D eigenvalue weighted by Gasteiger charge is -2.04. The number of rotatable bonds is 3. The molecule has 0 radical (unpaired) electrons. The van der Waals surface area contributed by atoms with E-state index in [-0.39, 0.29) is 15.6 Å². The lowest BCUT2D eigenvalue weighted by molar-refractivity contribution is 0.0519. The highest BCUT2D eigenvalue weighted by atomic mass is 35.5. The maximum atomic E-state index is 11.8. The standard InChI is InChI=1S/C14H8Cl3NO2/c15-10-6-11(16)13(12(17)7-10)14(19)20-18-8-9-4-2-1-3-5-9/h1-8H. The Hall–Kier alpha value is -1.55. The Morgan fingerprint density at radius 2 is 1.65 bits per heavy atom. The average molecular weight is 329 g/mol. The van der Waals surface area contributed by atoms with Crippen LogP contribution in [-0.4, -0.2) is 12.2 Å². The van der Waals surface area contributed by atoms with Gasteiger partial charge < -0.3 is 4.84 Å². The van der Waals surface area contributed by atoms with Crippen molar-refractivity contribution in [2.24, 2.45) is 5.16 Å². The largest absolute Gasteiger partial charge is 0.368 e. The molecule has 0 heterocycles. The van der Waals surface area contributed by atoms with Crippen LogP contribution in [0.5, 0.6) is 0 Å². The van der Waals surface area contributed by atoms with Crippen molar-refractivity contribution in [3.05, 3.63) is 68.7 Å². The van der Waals surface area contributed by atoms with Gasteiger partial charge >= 0.3 is 5.97 Å². The minimum Gasteiger partial charge on any atom is -0.313 e. The smallest absolute Gasteiger partial charge is 0.313 e. The van der Waals surface area contributed by atoms with Crippen LogP contribution in [0.3, 0.4) is 0 Å². The molecule has 0 atom stereocenters. The number of hydrogen-bond acceptors (Lipinski definition) is 3. The molecule has 0 aliphatic carbocycles. The number of benzene rings is 2.